The van der Waals surface area contributed by atoms with Gasteiger partial charge in [0, 0.05) is 26.2 Å². The van der Waals surface area contributed by atoms with E-state index in [0.29, 0.717) is 26.2 Å². The van der Waals surface area contributed by atoms with Gasteiger partial charge in [-0.15, -0.1) is 12.4 Å². The van der Waals surface area contributed by atoms with Crippen molar-refractivity contribution in [2.75, 3.05) is 39.9 Å². The fraction of sp³-hybridized carbons (Fsp3) is 0.533. The molecule has 0 radical (unpaired) electrons. The summed E-state index contributed by atoms with van der Waals surface area (Å²) in [6.07, 6.45) is 0. The van der Waals surface area contributed by atoms with Crippen molar-refractivity contribution in [3.8, 4) is 0 Å². The summed E-state index contributed by atoms with van der Waals surface area (Å²) in [4.78, 5) is 13.5. The van der Waals surface area contributed by atoms with Gasteiger partial charge in [0.25, 0.3) is 5.92 Å². The molecule has 1 aliphatic rings. The Morgan fingerprint density at radius 1 is 1.39 bits per heavy atom. The number of piperazine rings is 1. The van der Waals surface area contributed by atoms with Crippen LogP contribution in [0.5, 0.6) is 0 Å². The van der Waals surface area contributed by atoms with Gasteiger partial charge in [-0.2, -0.15) is 0 Å². The molecular formula is C15H21ClF2N2O3. The minimum Gasteiger partial charge on any atom is -0.465 e. The molecule has 0 unspecified atom stereocenters. The third-order valence-electron chi connectivity index (χ3n) is 3.79. The third kappa shape index (κ3) is 4.38. The largest absolute Gasteiger partial charge is 0.465 e. The second-order valence-electron chi connectivity index (χ2n) is 5.19. The molecule has 1 atom stereocenters. The third-order valence-corrected chi connectivity index (χ3v) is 3.79. The number of esters is 1. The number of benzene rings is 1. The number of methoxy groups -OCH3 is 1. The molecule has 130 valence electrons. The number of alkyl halides is 2. The number of halogens is 3. The summed E-state index contributed by atoms with van der Waals surface area (Å²) in [5, 5.41) is 12.2. The van der Waals surface area contributed by atoms with Crippen molar-refractivity contribution < 1.29 is 23.4 Å². The van der Waals surface area contributed by atoms with E-state index in [1.165, 1.54) is 19.2 Å². The van der Waals surface area contributed by atoms with Crippen LogP contribution in [0.1, 0.15) is 22.0 Å². The van der Waals surface area contributed by atoms with Gasteiger partial charge in [0.15, 0.2) is 0 Å². The lowest BCUT2D eigenvalue weighted by molar-refractivity contribution is -0.118. The maximum Gasteiger partial charge on any atom is 0.338 e. The lowest BCUT2D eigenvalue weighted by Gasteiger charge is -2.39. The summed E-state index contributed by atoms with van der Waals surface area (Å²) in [6, 6.07) is 4.79. The van der Waals surface area contributed by atoms with Crippen molar-refractivity contribution in [3.05, 3.63) is 35.4 Å². The van der Waals surface area contributed by atoms with E-state index in [4.69, 9.17) is 5.11 Å². The molecule has 2 rings (SSSR count). The first-order chi connectivity index (χ1) is 10.5. The topological polar surface area (TPSA) is 61.8 Å². The summed E-state index contributed by atoms with van der Waals surface area (Å²) in [5.74, 6) is -4.02. The summed E-state index contributed by atoms with van der Waals surface area (Å²) >= 11 is 0. The van der Waals surface area contributed by atoms with Crippen molar-refractivity contribution in [2.24, 2.45) is 0 Å². The lowest BCUT2D eigenvalue weighted by Crippen LogP contribution is -2.51. The maximum atomic E-state index is 14.4. The standard InChI is InChI=1S/C15H20F2N2O3.ClH/c1-22-14(21)12-5-3-2-4-11(12)13(15(16,17)10-20)19-8-6-18-7-9-19;/h2-5,13,18,20H,6-10H2,1H3;1H/t13-;/m1./s1. The van der Waals surface area contributed by atoms with Crippen LogP contribution in [-0.4, -0.2) is 61.8 Å². The molecule has 5 nitrogen and oxygen atoms in total. The molecule has 0 bridgehead atoms. The molecule has 0 aromatic heterocycles. The van der Waals surface area contributed by atoms with Crippen LogP contribution in [0.3, 0.4) is 0 Å². The Balaban J connectivity index is 0.00000264. The number of aliphatic hydroxyl groups is 1. The molecule has 1 heterocycles. The normalized spacial score (nSPS) is 17.2. The quantitative estimate of drug-likeness (QED) is 0.787. The molecule has 8 heteroatoms. The van der Waals surface area contributed by atoms with E-state index >= 15 is 0 Å². The van der Waals surface area contributed by atoms with Crippen LogP contribution in [0.25, 0.3) is 0 Å². The van der Waals surface area contributed by atoms with Crippen molar-refractivity contribution in [3.63, 3.8) is 0 Å². The number of carbonyl (C=O) groups is 1. The minimum absolute atomic E-state index is 0. The van der Waals surface area contributed by atoms with Crippen molar-refractivity contribution >= 4 is 18.4 Å². The molecule has 1 aromatic rings. The van der Waals surface area contributed by atoms with Gasteiger partial charge in [0.05, 0.1) is 12.7 Å². The second kappa shape index (κ2) is 8.54. The van der Waals surface area contributed by atoms with Crippen LogP contribution in [0, 0.1) is 0 Å². The Hall–Kier alpha value is -1.28. The first-order valence-corrected chi connectivity index (χ1v) is 7.12. The van der Waals surface area contributed by atoms with Crippen molar-refractivity contribution in [2.45, 2.75) is 12.0 Å². The summed E-state index contributed by atoms with van der Waals surface area (Å²) < 4.78 is 33.4. The highest BCUT2D eigenvalue weighted by molar-refractivity contribution is 5.91. The molecule has 0 spiro atoms. The van der Waals surface area contributed by atoms with Gasteiger partial charge < -0.3 is 15.2 Å². The number of carbonyl (C=O) groups excluding carboxylic acids is 1. The summed E-state index contributed by atoms with van der Waals surface area (Å²) in [5.41, 5.74) is 0.275. The smallest absolute Gasteiger partial charge is 0.338 e. The number of hydrogen-bond donors (Lipinski definition) is 2. The molecule has 0 amide bonds. The number of nitrogens with one attached hydrogen (secondary N) is 1. The van der Waals surface area contributed by atoms with E-state index in [1.807, 2.05) is 0 Å². The van der Waals surface area contributed by atoms with E-state index in [-0.39, 0.29) is 23.5 Å². The van der Waals surface area contributed by atoms with E-state index < -0.39 is 24.5 Å². The number of ether oxygens (including phenoxy) is 1. The predicted molar refractivity (Wildman–Crippen MR) is 84.2 cm³/mol. The molecule has 0 aliphatic carbocycles. The highest BCUT2D eigenvalue weighted by atomic mass is 35.5. The highest BCUT2D eigenvalue weighted by Crippen LogP contribution is 2.38. The van der Waals surface area contributed by atoms with Crippen molar-refractivity contribution in [1.29, 1.82) is 0 Å². The van der Waals surface area contributed by atoms with Gasteiger partial charge in [-0.1, -0.05) is 18.2 Å². The molecule has 1 aliphatic heterocycles. The van der Waals surface area contributed by atoms with Crippen LogP contribution in [0.2, 0.25) is 0 Å². The molecule has 0 saturated carbocycles. The zero-order chi connectivity index (χ0) is 16.2. The van der Waals surface area contributed by atoms with Gasteiger partial charge in [0.2, 0.25) is 0 Å². The fourth-order valence-electron chi connectivity index (χ4n) is 2.75. The first kappa shape index (κ1) is 19.8. The van der Waals surface area contributed by atoms with Gasteiger partial charge in [-0.25, -0.2) is 13.6 Å². The molecular weight excluding hydrogens is 330 g/mol. The van der Waals surface area contributed by atoms with Crippen LogP contribution < -0.4 is 5.32 Å². The lowest BCUT2D eigenvalue weighted by atomic mass is 9.93. The molecule has 2 N–H and O–H groups in total. The predicted octanol–water partition coefficient (Wildman–Crippen LogP) is 1.47. The molecule has 1 saturated heterocycles. The van der Waals surface area contributed by atoms with Crippen LogP contribution in [0.15, 0.2) is 24.3 Å². The van der Waals surface area contributed by atoms with Gasteiger partial charge in [0.1, 0.15) is 12.6 Å². The molecule has 1 fully saturated rings. The zero-order valence-corrected chi connectivity index (χ0v) is 13.6. The number of aliphatic hydroxyl groups excluding tert-OH is 1. The molecule has 1 aromatic carbocycles. The Kier molecular flexibility index (Phi) is 7.34. The average Bonchev–Trinajstić information content (AvgIpc) is 2.55. The maximum absolute atomic E-state index is 14.4. The Morgan fingerprint density at radius 2 is 2.00 bits per heavy atom. The number of rotatable bonds is 5. The van der Waals surface area contributed by atoms with E-state index in [1.54, 1.807) is 17.0 Å². The molecule has 23 heavy (non-hydrogen) atoms. The Bertz CT molecular complexity index is 525. The summed E-state index contributed by atoms with van der Waals surface area (Å²) in [6.45, 7) is 0.708. The van der Waals surface area contributed by atoms with Crippen LogP contribution in [0.4, 0.5) is 8.78 Å². The van der Waals surface area contributed by atoms with Gasteiger partial charge >= 0.3 is 5.97 Å². The number of nitrogens with zero attached hydrogens (tertiary/aromatic N) is 1. The van der Waals surface area contributed by atoms with Gasteiger partial charge in [-0.3, -0.25) is 4.90 Å². The zero-order valence-electron chi connectivity index (χ0n) is 12.8. The Morgan fingerprint density at radius 3 is 2.57 bits per heavy atom. The fourth-order valence-corrected chi connectivity index (χ4v) is 2.75. The Labute approximate surface area is 140 Å². The van der Waals surface area contributed by atoms with E-state index in [0.717, 1.165) is 0 Å². The van der Waals surface area contributed by atoms with E-state index in [9.17, 15) is 13.6 Å². The SMILES string of the molecule is COC(=O)c1ccccc1[C@@H](N1CCNCC1)C(F)(F)CO.Cl. The minimum atomic E-state index is -3.36. The second-order valence-corrected chi connectivity index (χ2v) is 5.19. The number of hydrogen-bond acceptors (Lipinski definition) is 5. The van der Waals surface area contributed by atoms with Crippen LogP contribution in [-0.2, 0) is 4.74 Å². The van der Waals surface area contributed by atoms with E-state index in [2.05, 4.69) is 10.1 Å². The van der Waals surface area contributed by atoms with Crippen molar-refractivity contribution in [1.82, 2.24) is 10.2 Å². The highest BCUT2D eigenvalue weighted by Gasteiger charge is 2.45. The monoisotopic (exact) mass is 350 g/mol. The van der Waals surface area contributed by atoms with Gasteiger partial charge in [-0.05, 0) is 11.6 Å². The first-order valence-electron chi connectivity index (χ1n) is 7.12. The van der Waals surface area contributed by atoms with Crippen LogP contribution >= 0.6 is 12.4 Å². The summed E-state index contributed by atoms with van der Waals surface area (Å²) in [7, 11) is 1.21. The average molecular weight is 351 g/mol.